The Balaban J connectivity index is 0.00000306. The number of aromatic nitrogens is 1. The van der Waals surface area contributed by atoms with Crippen LogP contribution < -0.4 is 15.8 Å². The Morgan fingerprint density at radius 2 is 1.97 bits per heavy atom. The van der Waals surface area contributed by atoms with Gasteiger partial charge in [-0.3, -0.25) is 10.2 Å². The number of nitrogens with one attached hydrogen (secondary N) is 2. The van der Waals surface area contributed by atoms with Gasteiger partial charge in [-0.2, -0.15) is 0 Å². The number of nitrogens with zero attached hydrogens (tertiary/aromatic N) is 2. The molecule has 4 rings (SSSR count). The van der Waals surface area contributed by atoms with Gasteiger partial charge in [0.2, 0.25) is 5.91 Å². The number of anilines is 1. The molecule has 174 valence electrons. The first-order chi connectivity index (χ1) is 15.5. The van der Waals surface area contributed by atoms with Crippen LogP contribution in [0.1, 0.15) is 18.5 Å². The van der Waals surface area contributed by atoms with E-state index in [9.17, 15) is 4.79 Å². The molecule has 2 aromatic carbocycles. The van der Waals surface area contributed by atoms with Crippen LogP contribution in [0.2, 0.25) is 5.02 Å². The zero-order chi connectivity index (χ0) is 22.5. The third kappa shape index (κ3) is 6.40. The van der Waals surface area contributed by atoms with Gasteiger partial charge in [-0.25, -0.2) is 0 Å². The quantitative estimate of drug-likeness (QED) is 0.345. The summed E-state index contributed by atoms with van der Waals surface area (Å²) in [5, 5.41) is 15.1. The van der Waals surface area contributed by atoms with Crippen LogP contribution in [0.25, 0.3) is 11.3 Å². The number of likely N-dealkylation sites (tertiary alicyclic amines) is 1. The van der Waals surface area contributed by atoms with Crippen LogP contribution in [0, 0.1) is 11.3 Å². The van der Waals surface area contributed by atoms with E-state index >= 15 is 0 Å². The normalized spacial score (nSPS) is 13.8. The summed E-state index contributed by atoms with van der Waals surface area (Å²) in [5.74, 6) is 1.15. The van der Waals surface area contributed by atoms with Gasteiger partial charge in [-0.05, 0) is 37.1 Å². The molecule has 10 heteroatoms. The van der Waals surface area contributed by atoms with Crippen molar-refractivity contribution < 1.29 is 14.1 Å². The summed E-state index contributed by atoms with van der Waals surface area (Å²) in [5.41, 5.74) is 7.67. The van der Waals surface area contributed by atoms with Crippen LogP contribution in [0.4, 0.5) is 5.69 Å². The SMILES string of the molecule is Cl.N=C(N)N1CCC(C(=O)Nc2cccc(OCc3cc(-c4cccc(Cl)c4)on3)c2)CC1. The average molecular weight is 490 g/mol. The first-order valence-electron chi connectivity index (χ1n) is 10.3. The van der Waals surface area contributed by atoms with Crippen LogP contribution in [-0.2, 0) is 11.4 Å². The number of rotatable bonds is 6. The van der Waals surface area contributed by atoms with Crippen LogP contribution in [-0.4, -0.2) is 35.0 Å². The topological polar surface area (TPSA) is 117 Å². The fourth-order valence-corrected chi connectivity index (χ4v) is 3.80. The molecule has 1 fully saturated rings. The van der Waals surface area contributed by atoms with E-state index in [1.807, 2.05) is 42.5 Å². The number of benzene rings is 2. The summed E-state index contributed by atoms with van der Waals surface area (Å²) < 4.78 is 11.2. The molecule has 33 heavy (non-hydrogen) atoms. The third-order valence-corrected chi connectivity index (χ3v) is 5.60. The maximum absolute atomic E-state index is 12.6. The molecule has 8 nitrogen and oxygen atoms in total. The Bertz CT molecular complexity index is 1110. The first kappa shape index (κ1) is 24.4. The molecule has 4 N–H and O–H groups in total. The molecule has 3 aromatic rings. The largest absolute Gasteiger partial charge is 0.487 e. The standard InChI is InChI=1S/C23H24ClN5O3.ClH/c24-17-4-1-3-16(11-17)21-13-19(28-32-21)14-31-20-6-2-5-18(12-20)27-22(30)15-7-9-29(10-8-15)23(25)26;/h1-6,11-13,15H,7-10,14H2,(H3,25,26)(H,27,30);1H. The number of carbonyl (C=O) groups excluding carboxylic acids is 1. The van der Waals surface area contributed by atoms with Crippen molar-refractivity contribution in [2.24, 2.45) is 11.7 Å². The van der Waals surface area contributed by atoms with Crippen molar-refractivity contribution in [2.75, 3.05) is 18.4 Å². The van der Waals surface area contributed by atoms with E-state index in [4.69, 9.17) is 32.0 Å². The number of hydrogen-bond donors (Lipinski definition) is 3. The zero-order valence-electron chi connectivity index (χ0n) is 17.8. The van der Waals surface area contributed by atoms with Gasteiger partial charge in [0.05, 0.1) is 0 Å². The van der Waals surface area contributed by atoms with Crippen LogP contribution in [0.15, 0.2) is 59.1 Å². The van der Waals surface area contributed by atoms with Crippen molar-refractivity contribution in [3.05, 3.63) is 65.3 Å². The second-order valence-corrected chi connectivity index (χ2v) is 8.08. The minimum atomic E-state index is -0.102. The molecule has 0 unspecified atom stereocenters. The predicted molar refractivity (Wildman–Crippen MR) is 130 cm³/mol. The second kappa shape index (κ2) is 11.1. The number of piperidine rings is 1. The summed E-state index contributed by atoms with van der Waals surface area (Å²) in [4.78, 5) is 14.4. The van der Waals surface area contributed by atoms with Crippen LogP contribution in [0.5, 0.6) is 5.75 Å². The molecule has 1 aliphatic rings. The minimum absolute atomic E-state index is 0. The van der Waals surface area contributed by atoms with Crippen molar-refractivity contribution >= 4 is 41.6 Å². The summed E-state index contributed by atoms with van der Waals surface area (Å²) in [6.07, 6.45) is 1.34. The van der Waals surface area contributed by atoms with Crippen molar-refractivity contribution in [1.82, 2.24) is 10.1 Å². The number of amides is 1. The minimum Gasteiger partial charge on any atom is -0.487 e. The maximum Gasteiger partial charge on any atom is 0.227 e. The molecule has 0 radical (unpaired) electrons. The van der Waals surface area contributed by atoms with Crippen molar-refractivity contribution in [3.8, 4) is 17.1 Å². The highest BCUT2D eigenvalue weighted by molar-refractivity contribution is 6.30. The predicted octanol–water partition coefficient (Wildman–Crippen LogP) is 4.54. The van der Waals surface area contributed by atoms with Crippen molar-refractivity contribution in [1.29, 1.82) is 5.41 Å². The van der Waals surface area contributed by atoms with Crippen LogP contribution in [0.3, 0.4) is 0 Å². The fourth-order valence-electron chi connectivity index (χ4n) is 3.61. The molecule has 1 amide bonds. The van der Waals surface area contributed by atoms with E-state index < -0.39 is 0 Å². The van der Waals surface area contributed by atoms with Gasteiger partial charge in [0.1, 0.15) is 18.1 Å². The lowest BCUT2D eigenvalue weighted by Crippen LogP contribution is -2.44. The highest BCUT2D eigenvalue weighted by Crippen LogP contribution is 2.25. The average Bonchev–Trinajstić information content (AvgIpc) is 3.27. The second-order valence-electron chi connectivity index (χ2n) is 7.65. The Morgan fingerprint density at radius 1 is 1.21 bits per heavy atom. The van der Waals surface area contributed by atoms with Gasteiger partial charge in [0.15, 0.2) is 11.7 Å². The zero-order valence-corrected chi connectivity index (χ0v) is 19.4. The van der Waals surface area contributed by atoms with E-state index in [2.05, 4.69) is 10.5 Å². The maximum atomic E-state index is 12.6. The van der Waals surface area contributed by atoms with E-state index in [1.54, 1.807) is 17.0 Å². The molecule has 1 aromatic heterocycles. The molecule has 0 bridgehead atoms. The van der Waals surface area contributed by atoms with Crippen molar-refractivity contribution in [2.45, 2.75) is 19.4 Å². The first-order valence-corrected chi connectivity index (χ1v) is 10.7. The number of carbonyl (C=O) groups is 1. The molecule has 0 atom stereocenters. The fraction of sp³-hybridized carbons (Fsp3) is 0.261. The van der Waals surface area contributed by atoms with E-state index in [-0.39, 0.29) is 36.8 Å². The number of halogens is 2. The molecule has 1 saturated heterocycles. The van der Waals surface area contributed by atoms with Gasteiger partial charge in [-0.1, -0.05) is 35.0 Å². The molecular weight excluding hydrogens is 465 g/mol. The van der Waals surface area contributed by atoms with Gasteiger partial charge in [-0.15, -0.1) is 12.4 Å². The molecular formula is C23H25Cl2N5O3. The van der Waals surface area contributed by atoms with E-state index in [1.165, 1.54) is 0 Å². The summed E-state index contributed by atoms with van der Waals surface area (Å²) in [6, 6.07) is 16.4. The summed E-state index contributed by atoms with van der Waals surface area (Å²) >= 11 is 6.03. The Morgan fingerprint density at radius 3 is 2.70 bits per heavy atom. The van der Waals surface area contributed by atoms with Gasteiger partial charge in [0, 0.05) is 47.4 Å². The molecule has 0 aliphatic carbocycles. The Labute approximate surface area is 202 Å². The smallest absolute Gasteiger partial charge is 0.227 e. The van der Waals surface area contributed by atoms with Crippen LogP contribution >= 0.6 is 24.0 Å². The molecule has 1 aliphatic heterocycles. The molecule has 0 spiro atoms. The van der Waals surface area contributed by atoms with E-state index in [0.717, 1.165) is 5.56 Å². The summed E-state index contributed by atoms with van der Waals surface area (Å²) in [7, 11) is 0. The lowest BCUT2D eigenvalue weighted by atomic mass is 9.96. The lowest BCUT2D eigenvalue weighted by molar-refractivity contribution is -0.121. The Kier molecular flexibility index (Phi) is 8.19. The monoisotopic (exact) mass is 489 g/mol. The highest BCUT2D eigenvalue weighted by Gasteiger charge is 2.25. The van der Waals surface area contributed by atoms with Gasteiger partial charge < -0.3 is 25.2 Å². The number of nitrogens with two attached hydrogens (primary N) is 1. The van der Waals surface area contributed by atoms with Gasteiger partial charge >= 0.3 is 0 Å². The number of hydrogen-bond acceptors (Lipinski definition) is 5. The number of guanidine groups is 1. The Hall–Kier alpha value is -3.23. The highest BCUT2D eigenvalue weighted by atomic mass is 35.5. The summed E-state index contributed by atoms with van der Waals surface area (Å²) in [6.45, 7) is 1.46. The van der Waals surface area contributed by atoms with E-state index in [0.29, 0.717) is 53.8 Å². The third-order valence-electron chi connectivity index (χ3n) is 5.36. The van der Waals surface area contributed by atoms with Crippen molar-refractivity contribution in [3.63, 3.8) is 0 Å². The molecule has 2 heterocycles. The van der Waals surface area contributed by atoms with Gasteiger partial charge in [0.25, 0.3) is 0 Å². The lowest BCUT2D eigenvalue weighted by Gasteiger charge is -2.31. The number of ether oxygens (including phenoxy) is 1. The molecule has 0 saturated carbocycles.